The number of rotatable bonds is 1. The Hall–Kier alpha value is -1.84. The highest BCUT2D eigenvalue weighted by Crippen LogP contribution is 2.31. The third-order valence-electron chi connectivity index (χ3n) is 2.77. The van der Waals surface area contributed by atoms with E-state index in [4.69, 9.17) is 0 Å². The number of halogens is 4. The summed E-state index contributed by atoms with van der Waals surface area (Å²) in [5.74, 6) is -0.160. The SMILES string of the molecule is CC.CCc1ccc(F)cc1.Cc1ccccc1C(F)(F)F. The van der Waals surface area contributed by atoms with Crippen LogP contribution in [0.5, 0.6) is 0 Å². The predicted octanol–water partition coefficient (Wildman–Crippen LogP) is 6.43. The standard InChI is InChI=1S/C8H7F3.C8H9F.C2H6/c1-6-4-2-3-5-7(6)8(9,10)11;1-2-7-3-5-8(9)6-4-7;1-2/h2-5H,1H3;3-6H,2H2,1H3;1-2H3. The Kier molecular flexibility index (Phi) is 9.15. The van der Waals surface area contributed by atoms with Crippen molar-refractivity contribution in [3.8, 4) is 0 Å². The molecule has 0 unspecified atom stereocenters. The van der Waals surface area contributed by atoms with E-state index >= 15 is 0 Å². The normalized spacial score (nSPS) is 10.0. The van der Waals surface area contributed by atoms with Gasteiger partial charge in [-0.25, -0.2) is 4.39 Å². The third-order valence-corrected chi connectivity index (χ3v) is 2.77. The van der Waals surface area contributed by atoms with Crippen LogP contribution < -0.4 is 0 Å². The Morgan fingerprint density at radius 2 is 1.36 bits per heavy atom. The van der Waals surface area contributed by atoms with Crippen molar-refractivity contribution in [3.63, 3.8) is 0 Å². The molecule has 0 aliphatic heterocycles. The Bertz CT molecular complexity index is 528. The molecule has 0 aromatic heterocycles. The van der Waals surface area contributed by atoms with Crippen LogP contribution in [-0.2, 0) is 12.6 Å². The van der Waals surface area contributed by atoms with E-state index in [2.05, 4.69) is 0 Å². The average molecular weight is 314 g/mol. The molecule has 2 aromatic carbocycles. The molecule has 0 aliphatic rings. The highest BCUT2D eigenvalue weighted by atomic mass is 19.4. The molecule has 0 spiro atoms. The summed E-state index contributed by atoms with van der Waals surface area (Å²) in [4.78, 5) is 0. The van der Waals surface area contributed by atoms with E-state index in [1.807, 2.05) is 20.8 Å². The van der Waals surface area contributed by atoms with Gasteiger partial charge in [0.15, 0.2) is 0 Å². The number of alkyl halides is 3. The summed E-state index contributed by atoms with van der Waals surface area (Å²) in [6.07, 6.45) is -3.24. The van der Waals surface area contributed by atoms with Crippen molar-refractivity contribution in [1.82, 2.24) is 0 Å². The minimum atomic E-state index is -4.22. The maximum absolute atomic E-state index is 12.2. The van der Waals surface area contributed by atoms with Crippen molar-refractivity contribution in [3.05, 3.63) is 71.0 Å². The minimum Gasteiger partial charge on any atom is -0.207 e. The van der Waals surface area contributed by atoms with Crippen LogP contribution in [0.1, 0.15) is 37.5 Å². The molecule has 0 saturated carbocycles. The lowest BCUT2D eigenvalue weighted by atomic mass is 10.1. The molecule has 0 aliphatic carbocycles. The predicted molar refractivity (Wildman–Crippen MR) is 83.3 cm³/mol. The monoisotopic (exact) mass is 314 g/mol. The van der Waals surface area contributed by atoms with Gasteiger partial charge in [0.2, 0.25) is 0 Å². The van der Waals surface area contributed by atoms with Gasteiger partial charge in [0.25, 0.3) is 0 Å². The number of aryl methyl sites for hydroxylation is 2. The van der Waals surface area contributed by atoms with E-state index in [1.54, 1.807) is 18.2 Å². The summed E-state index contributed by atoms with van der Waals surface area (Å²) in [6.45, 7) is 7.50. The molecule has 22 heavy (non-hydrogen) atoms. The first-order chi connectivity index (χ1) is 10.3. The summed E-state index contributed by atoms with van der Waals surface area (Å²) in [6, 6.07) is 12.1. The summed E-state index contributed by atoms with van der Waals surface area (Å²) in [5, 5.41) is 0. The lowest BCUT2D eigenvalue weighted by molar-refractivity contribution is -0.138. The molecule has 0 fully saturated rings. The summed E-state index contributed by atoms with van der Waals surface area (Å²) < 4.78 is 48.4. The van der Waals surface area contributed by atoms with Crippen molar-refractivity contribution in [1.29, 1.82) is 0 Å². The van der Waals surface area contributed by atoms with Crippen LogP contribution in [0, 0.1) is 12.7 Å². The van der Waals surface area contributed by atoms with Crippen LogP contribution >= 0.6 is 0 Å². The quantitative estimate of drug-likeness (QED) is 0.532. The first-order valence-corrected chi connectivity index (χ1v) is 7.22. The van der Waals surface area contributed by atoms with Gasteiger partial charge < -0.3 is 0 Å². The first-order valence-electron chi connectivity index (χ1n) is 7.22. The fourth-order valence-corrected chi connectivity index (χ4v) is 1.61. The van der Waals surface area contributed by atoms with Gasteiger partial charge in [0.05, 0.1) is 5.56 Å². The Labute approximate surface area is 129 Å². The van der Waals surface area contributed by atoms with Crippen molar-refractivity contribution in [2.75, 3.05) is 0 Å². The smallest absolute Gasteiger partial charge is 0.207 e. The highest BCUT2D eigenvalue weighted by molar-refractivity contribution is 5.27. The second-order valence-electron chi connectivity index (χ2n) is 4.29. The van der Waals surface area contributed by atoms with E-state index < -0.39 is 11.7 Å². The van der Waals surface area contributed by atoms with Crippen LogP contribution in [0.2, 0.25) is 0 Å². The number of hydrogen-bond acceptors (Lipinski definition) is 0. The maximum Gasteiger partial charge on any atom is 0.416 e. The molecular formula is C18H22F4. The Balaban J connectivity index is 0.000000366. The fraction of sp³-hybridized carbons (Fsp3) is 0.333. The van der Waals surface area contributed by atoms with E-state index in [-0.39, 0.29) is 11.4 Å². The van der Waals surface area contributed by atoms with Gasteiger partial charge in [-0.2, -0.15) is 13.2 Å². The first kappa shape index (κ1) is 20.2. The molecule has 0 atom stereocenters. The molecule has 0 bridgehead atoms. The lowest BCUT2D eigenvalue weighted by Crippen LogP contribution is -2.06. The van der Waals surface area contributed by atoms with E-state index in [1.165, 1.54) is 36.8 Å². The summed E-state index contributed by atoms with van der Waals surface area (Å²) >= 11 is 0. The molecule has 0 N–H and O–H groups in total. The fourth-order valence-electron chi connectivity index (χ4n) is 1.61. The molecule has 4 heteroatoms. The molecule has 2 rings (SSSR count). The zero-order chi connectivity index (χ0) is 17.2. The van der Waals surface area contributed by atoms with Gasteiger partial charge in [0, 0.05) is 0 Å². The van der Waals surface area contributed by atoms with Gasteiger partial charge in [-0.1, -0.05) is 51.1 Å². The molecular weight excluding hydrogens is 292 g/mol. The highest BCUT2D eigenvalue weighted by Gasteiger charge is 2.31. The van der Waals surface area contributed by atoms with Crippen LogP contribution in [0.25, 0.3) is 0 Å². The minimum absolute atomic E-state index is 0.160. The van der Waals surface area contributed by atoms with E-state index in [0.29, 0.717) is 0 Å². The van der Waals surface area contributed by atoms with Gasteiger partial charge >= 0.3 is 6.18 Å². The maximum atomic E-state index is 12.2. The van der Waals surface area contributed by atoms with Crippen molar-refractivity contribution in [2.24, 2.45) is 0 Å². The Morgan fingerprint density at radius 1 is 0.864 bits per heavy atom. The zero-order valence-corrected chi connectivity index (χ0v) is 13.3. The van der Waals surface area contributed by atoms with E-state index in [9.17, 15) is 17.6 Å². The second kappa shape index (κ2) is 9.98. The van der Waals surface area contributed by atoms with E-state index in [0.717, 1.165) is 12.5 Å². The molecule has 122 valence electrons. The van der Waals surface area contributed by atoms with Crippen LogP contribution in [0.15, 0.2) is 48.5 Å². The lowest BCUT2D eigenvalue weighted by Gasteiger charge is -2.08. The largest absolute Gasteiger partial charge is 0.416 e. The number of benzene rings is 2. The summed E-state index contributed by atoms with van der Waals surface area (Å²) in [5.41, 5.74) is 0.886. The third kappa shape index (κ3) is 7.25. The van der Waals surface area contributed by atoms with Gasteiger partial charge in [-0.3, -0.25) is 0 Å². The van der Waals surface area contributed by atoms with Crippen LogP contribution in [-0.4, -0.2) is 0 Å². The van der Waals surface area contributed by atoms with Gasteiger partial charge in [-0.05, 0) is 42.7 Å². The molecule has 0 saturated heterocycles. The molecule has 0 nitrogen and oxygen atoms in total. The molecule has 0 heterocycles. The van der Waals surface area contributed by atoms with Crippen LogP contribution in [0.3, 0.4) is 0 Å². The average Bonchev–Trinajstić information content (AvgIpc) is 2.50. The van der Waals surface area contributed by atoms with Gasteiger partial charge in [0.1, 0.15) is 5.82 Å². The molecule has 0 radical (unpaired) electrons. The van der Waals surface area contributed by atoms with Gasteiger partial charge in [-0.15, -0.1) is 0 Å². The van der Waals surface area contributed by atoms with Crippen molar-refractivity contribution < 1.29 is 17.6 Å². The summed E-state index contributed by atoms with van der Waals surface area (Å²) in [7, 11) is 0. The molecule has 2 aromatic rings. The second-order valence-corrected chi connectivity index (χ2v) is 4.29. The Morgan fingerprint density at radius 3 is 1.73 bits per heavy atom. The van der Waals surface area contributed by atoms with Crippen molar-refractivity contribution >= 4 is 0 Å². The number of hydrogen-bond donors (Lipinski definition) is 0. The molecule has 0 amide bonds. The topological polar surface area (TPSA) is 0 Å². The zero-order valence-electron chi connectivity index (χ0n) is 13.3. The van der Waals surface area contributed by atoms with Crippen molar-refractivity contribution in [2.45, 2.75) is 40.3 Å². The van der Waals surface area contributed by atoms with Crippen LogP contribution in [0.4, 0.5) is 17.6 Å².